The van der Waals surface area contributed by atoms with Crippen LogP contribution >= 0.6 is 0 Å². The van der Waals surface area contributed by atoms with Gasteiger partial charge in [0.1, 0.15) is 0 Å². The molecular weight excluding hydrogens is 264 g/mol. The number of pyridine rings is 1. The molecule has 1 aromatic heterocycles. The molecule has 108 valence electrons. The van der Waals surface area contributed by atoms with Crippen LogP contribution < -0.4 is 5.32 Å². The third-order valence-corrected chi connectivity index (χ3v) is 3.01. The lowest BCUT2D eigenvalue weighted by molar-refractivity contribution is -0.116. The molecule has 2 rings (SSSR count). The zero-order chi connectivity index (χ0) is 14.9. The Hall–Kier alpha value is -2.46. The van der Waals surface area contributed by atoms with Gasteiger partial charge in [0.15, 0.2) is 0 Å². The first-order chi connectivity index (χ1) is 10.3. The molecule has 1 heterocycles. The second-order valence-electron chi connectivity index (χ2n) is 4.60. The van der Waals surface area contributed by atoms with Gasteiger partial charge in [0.2, 0.25) is 5.91 Å². The van der Waals surface area contributed by atoms with Crippen LogP contribution in [0.5, 0.6) is 0 Å². The van der Waals surface area contributed by atoms with Crippen molar-refractivity contribution in [3.63, 3.8) is 0 Å². The van der Waals surface area contributed by atoms with Crippen LogP contribution in [0.25, 0.3) is 6.08 Å². The Kier molecular flexibility index (Phi) is 5.67. The second-order valence-corrected chi connectivity index (χ2v) is 4.60. The van der Waals surface area contributed by atoms with Crippen molar-refractivity contribution in [3.05, 3.63) is 71.6 Å². The van der Waals surface area contributed by atoms with Gasteiger partial charge in [-0.2, -0.15) is 0 Å². The number of carbonyl (C=O) groups is 1. The summed E-state index contributed by atoms with van der Waals surface area (Å²) in [6.07, 6.45) is 5.62. The minimum Gasteiger partial charge on any atom is -0.392 e. The molecule has 2 N–H and O–H groups in total. The fraction of sp³-hybridized carbons (Fsp3) is 0.176. The van der Waals surface area contributed by atoms with Gasteiger partial charge in [-0.3, -0.25) is 9.78 Å². The minimum absolute atomic E-state index is 0.0509. The number of benzene rings is 1. The molecule has 0 aliphatic rings. The molecule has 0 saturated heterocycles. The summed E-state index contributed by atoms with van der Waals surface area (Å²) in [5, 5.41) is 11.8. The van der Waals surface area contributed by atoms with E-state index in [4.69, 9.17) is 5.11 Å². The second kappa shape index (κ2) is 7.97. The van der Waals surface area contributed by atoms with Crippen LogP contribution in [0.15, 0.2) is 54.7 Å². The summed E-state index contributed by atoms with van der Waals surface area (Å²) in [7, 11) is 0. The van der Waals surface area contributed by atoms with Crippen LogP contribution in [0.3, 0.4) is 0 Å². The van der Waals surface area contributed by atoms with Crippen LogP contribution in [0, 0.1) is 0 Å². The molecule has 0 fully saturated rings. The number of nitrogens with zero attached hydrogens (tertiary/aromatic N) is 1. The molecular formula is C17H18N2O2. The van der Waals surface area contributed by atoms with Crippen LogP contribution in [0.4, 0.5) is 0 Å². The summed E-state index contributed by atoms with van der Waals surface area (Å²) in [5.74, 6) is -0.132. The first kappa shape index (κ1) is 14.9. The maximum atomic E-state index is 11.6. The molecule has 0 aliphatic carbocycles. The van der Waals surface area contributed by atoms with Crippen LogP contribution in [0.1, 0.15) is 16.8 Å². The minimum atomic E-state index is -0.132. The van der Waals surface area contributed by atoms with E-state index in [1.54, 1.807) is 12.3 Å². The van der Waals surface area contributed by atoms with E-state index in [9.17, 15) is 4.79 Å². The van der Waals surface area contributed by atoms with Crippen molar-refractivity contribution in [3.8, 4) is 0 Å². The van der Waals surface area contributed by atoms with Crippen LogP contribution in [0.2, 0.25) is 0 Å². The van der Waals surface area contributed by atoms with Crippen molar-refractivity contribution < 1.29 is 9.90 Å². The van der Waals surface area contributed by atoms with Gasteiger partial charge >= 0.3 is 0 Å². The highest BCUT2D eigenvalue weighted by molar-refractivity contribution is 5.91. The van der Waals surface area contributed by atoms with Crippen LogP contribution in [-0.2, 0) is 17.8 Å². The first-order valence-corrected chi connectivity index (χ1v) is 6.83. The van der Waals surface area contributed by atoms with Gasteiger partial charge < -0.3 is 10.4 Å². The number of amides is 1. The van der Waals surface area contributed by atoms with E-state index in [2.05, 4.69) is 10.3 Å². The van der Waals surface area contributed by atoms with Gasteiger partial charge in [-0.05, 0) is 35.8 Å². The molecule has 0 aliphatic heterocycles. The summed E-state index contributed by atoms with van der Waals surface area (Å²) in [6.45, 7) is 0.624. The summed E-state index contributed by atoms with van der Waals surface area (Å²) in [5.41, 5.74) is 2.77. The predicted molar refractivity (Wildman–Crippen MR) is 82.3 cm³/mol. The zero-order valence-corrected chi connectivity index (χ0v) is 11.7. The molecule has 21 heavy (non-hydrogen) atoms. The maximum Gasteiger partial charge on any atom is 0.244 e. The molecule has 4 heteroatoms. The summed E-state index contributed by atoms with van der Waals surface area (Å²) < 4.78 is 0. The Morgan fingerprint density at radius 2 is 1.90 bits per heavy atom. The molecule has 1 amide bonds. The number of aromatic nitrogens is 1. The third-order valence-electron chi connectivity index (χ3n) is 3.01. The van der Waals surface area contributed by atoms with E-state index < -0.39 is 0 Å². The van der Waals surface area contributed by atoms with Crippen molar-refractivity contribution in [2.24, 2.45) is 0 Å². The fourth-order valence-corrected chi connectivity index (χ4v) is 1.84. The van der Waals surface area contributed by atoms with Gasteiger partial charge in [-0.15, -0.1) is 0 Å². The van der Waals surface area contributed by atoms with Crippen molar-refractivity contribution >= 4 is 12.0 Å². The smallest absolute Gasteiger partial charge is 0.244 e. The Morgan fingerprint density at radius 1 is 1.14 bits per heavy atom. The largest absolute Gasteiger partial charge is 0.392 e. The monoisotopic (exact) mass is 282 g/mol. The van der Waals surface area contributed by atoms with E-state index in [-0.39, 0.29) is 12.5 Å². The molecule has 0 spiro atoms. The molecule has 1 aromatic carbocycles. The molecule has 4 nitrogen and oxygen atoms in total. The lowest BCUT2D eigenvalue weighted by Gasteiger charge is -2.03. The quantitative estimate of drug-likeness (QED) is 0.796. The van der Waals surface area contributed by atoms with E-state index in [1.807, 2.05) is 42.5 Å². The average Bonchev–Trinajstić information content (AvgIpc) is 2.54. The predicted octanol–water partition coefficient (Wildman–Crippen LogP) is 1.95. The van der Waals surface area contributed by atoms with Gasteiger partial charge in [0.25, 0.3) is 0 Å². The van der Waals surface area contributed by atoms with E-state index >= 15 is 0 Å². The van der Waals surface area contributed by atoms with Crippen molar-refractivity contribution in [1.29, 1.82) is 0 Å². The topological polar surface area (TPSA) is 62.2 Å². The first-order valence-electron chi connectivity index (χ1n) is 6.83. The standard InChI is InChI=1S/C17H18N2O2/c20-13-15-6-4-14(5-7-15)10-12-19-17(21)9-8-16-3-1-2-11-18-16/h1-9,11,20H,10,12-13H2,(H,19,21)/b9-8+. The van der Waals surface area contributed by atoms with Crippen LogP contribution in [-0.4, -0.2) is 22.5 Å². The van der Waals surface area contributed by atoms with Crippen molar-refractivity contribution in [2.75, 3.05) is 6.54 Å². The van der Waals surface area contributed by atoms with E-state index in [0.717, 1.165) is 23.2 Å². The molecule has 0 radical (unpaired) electrons. The van der Waals surface area contributed by atoms with E-state index in [0.29, 0.717) is 6.54 Å². The molecule has 0 unspecified atom stereocenters. The normalized spacial score (nSPS) is 10.7. The van der Waals surface area contributed by atoms with Gasteiger partial charge in [-0.25, -0.2) is 0 Å². The van der Waals surface area contributed by atoms with Crippen molar-refractivity contribution in [2.45, 2.75) is 13.0 Å². The van der Waals surface area contributed by atoms with E-state index in [1.165, 1.54) is 6.08 Å². The average molecular weight is 282 g/mol. The summed E-state index contributed by atoms with van der Waals surface area (Å²) >= 11 is 0. The highest BCUT2D eigenvalue weighted by Gasteiger charge is 1.97. The molecule has 0 bridgehead atoms. The lowest BCUT2D eigenvalue weighted by Crippen LogP contribution is -2.23. The number of carbonyl (C=O) groups excluding carboxylic acids is 1. The Balaban J connectivity index is 1.75. The molecule has 0 saturated carbocycles. The molecule has 2 aromatic rings. The highest BCUT2D eigenvalue weighted by Crippen LogP contribution is 2.04. The Labute approximate surface area is 124 Å². The third kappa shape index (κ3) is 5.20. The number of aliphatic hydroxyl groups is 1. The SMILES string of the molecule is O=C(/C=C/c1ccccn1)NCCc1ccc(CO)cc1. The summed E-state index contributed by atoms with van der Waals surface area (Å²) in [4.78, 5) is 15.8. The summed E-state index contributed by atoms with van der Waals surface area (Å²) in [6, 6.07) is 13.2. The maximum absolute atomic E-state index is 11.6. The number of aliphatic hydroxyl groups excluding tert-OH is 1. The lowest BCUT2D eigenvalue weighted by atomic mass is 10.1. The van der Waals surface area contributed by atoms with Gasteiger partial charge in [0, 0.05) is 18.8 Å². The Morgan fingerprint density at radius 3 is 2.57 bits per heavy atom. The zero-order valence-electron chi connectivity index (χ0n) is 11.7. The Bertz CT molecular complexity index is 592. The van der Waals surface area contributed by atoms with Crippen molar-refractivity contribution in [1.82, 2.24) is 10.3 Å². The van der Waals surface area contributed by atoms with Gasteiger partial charge in [0.05, 0.1) is 12.3 Å². The highest BCUT2D eigenvalue weighted by atomic mass is 16.3. The number of hydrogen-bond donors (Lipinski definition) is 2. The molecule has 0 atom stereocenters. The number of hydrogen-bond acceptors (Lipinski definition) is 3. The number of nitrogens with one attached hydrogen (secondary N) is 1. The number of rotatable bonds is 6. The fourth-order valence-electron chi connectivity index (χ4n) is 1.84. The van der Waals surface area contributed by atoms with Gasteiger partial charge in [-0.1, -0.05) is 30.3 Å².